The minimum Gasteiger partial charge on any atom is -0.307 e. The van der Waals surface area contributed by atoms with Crippen molar-refractivity contribution < 1.29 is 0 Å². The number of nitrogens with zero attached hydrogens (tertiary/aromatic N) is 2. The number of hydrogen-bond donors (Lipinski definition) is 1. The van der Waals surface area contributed by atoms with Gasteiger partial charge in [-0.05, 0) is 18.9 Å². The van der Waals surface area contributed by atoms with Gasteiger partial charge in [-0.2, -0.15) is 5.10 Å². The van der Waals surface area contributed by atoms with Gasteiger partial charge in [-0.25, -0.2) is 0 Å². The molecule has 1 atom stereocenters. The van der Waals surface area contributed by atoms with Gasteiger partial charge < -0.3 is 5.32 Å². The van der Waals surface area contributed by atoms with Gasteiger partial charge in [0.15, 0.2) is 0 Å². The SMILES string of the molecule is CCn1nc(CNC(CCl)C(C)C)c2ccccc21. The van der Waals surface area contributed by atoms with E-state index < -0.39 is 0 Å². The summed E-state index contributed by atoms with van der Waals surface area (Å²) >= 11 is 5.99. The van der Waals surface area contributed by atoms with Crippen LogP contribution in [0.15, 0.2) is 24.3 Å². The Bertz CT molecular complexity index is 533. The molecule has 0 bridgehead atoms. The van der Waals surface area contributed by atoms with Crippen molar-refractivity contribution in [3.05, 3.63) is 30.0 Å². The van der Waals surface area contributed by atoms with E-state index in [4.69, 9.17) is 11.6 Å². The molecule has 1 heterocycles. The largest absolute Gasteiger partial charge is 0.307 e. The highest BCUT2D eigenvalue weighted by Crippen LogP contribution is 2.18. The molecule has 3 nitrogen and oxygen atoms in total. The molecule has 0 spiro atoms. The molecular formula is C15H22ClN3. The average molecular weight is 280 g/mol. The predicted octanol–water partition coefficient (Wildman–Crippen LogP) is 3.41. The van der Waals surface area contributed by atoms with E-state index in [1.54, 1.807) is 0 Å². The third kappa shape index (κ3) is 3.10. The van der Waals surface area contributed by atoms with Gasteiger partial charge in [-0.3, -0.25) is 4.68 Å². The Morgan fingerprint density at radius 3 is 2.68 bits per heavy atom. The number of benzene rings is 1. The van der Waals surface area contributed by atoms with Crippen molar-refractivity contribution in [3.8, 4) is 0 Å². The number of aryl methyl sites for hydroxylation is 1. The lowest BCUT2D eigenvalue weighted by molar-refractivity contribution is 0.427. The van der Waals surface area contributed by atoms with Crippen LogP contribution in [0.4, 0.5) is 0 Å². The van der Waals surface area contributed by atoms with Crippen molar-refractivity contribution in [1.82, 2.24) is 15.1 Å². The molecule has 1 unspecified atom stereocenters. The first-order valence-corrected chi connectivity index (χ1v) is 7.44. The van der Waals surface area contributed by atoms with Crippen LogP contribution in [0.25, 0.3) is 10.9 Å². The van der Waals surface area contributed by atoms with Crippen LogP contribution in [0.3, 0.4) is 0 Å². The second-order valence-electron chi connectivity index (χ2n) is 5.17. The Morgan fingerprint density at radius 1 is 1.32 bits per heavy atom. The fourth-order valence-electron chi connectivity index (χ4n) is 2.26. The molecule has 0 aliphatic rings. The van der Waals surface area contributed by atoms with Crippen molar-refractivity contribution in [3.63, 3.8) is 0 Å². The number of para-hydroxylation sites is 1. The fraction of sp³-hybridized carbons (Fsp3) is 0.533. The highest BCUT2D eigenvalue weighted by molar-refractivity contribution is 6.18. The van der Waals surface area contributed by atoms with E-state index in [1.807, 2.05) is 0 Å². The molecule has 2 rings (SSSR count). The van der Waals surface area contributed by atoms with E-state index >= 15 is 0 Å². The maximum atomic E-state index is 5.99. The molecule has 104 valence electrons. The molecule has 0 aliphatic heterocycles. The van der Waals surface area contributed by atoms with E-state index in [2.05, 4.69) is 60.1 Å². The smallest absolute Gasteiger partial charge is 0.0841 e. The summed E-state index contributed by atoms with van der Waals surface area (Å²) in [7, 11) is 0. The minimum absolute atomic E-state index is 0.326. The van der Waals surface area contributed by atoms with Gasteiger partial charge in [0.2, 0.25) is 0 Å². The van der Waals surface area contributed by atoms with Crippen molar-refractivity contribution in [2.75, 3.05) is 5.88 Å². The molecular weight excluding hydrogens is 258 g/mol. The van der Waals surface area contributed by atoms with Gasteiger partial charge in [0.1, 0.15) is 0 Å². The monoisotopic (exact) mass is 279 g/mol. The lowest BCUT2D eigenvalue weighted by Crippen LogP contribution is -2.35. The highest BCUT2D eigenvalue weighted by atomic mass is 35.5. The Kier molecular flexibility index (Phi) is 4.83. The van der Waals surface area contributed by atoms with Crippen molar-refractivity contribution in [2.24, 2.45) is 5.92 Å². The maximum Gasteiger partial charge on any atom is 0.0841 e. The van der Waals surface area contributed by atoms with Crippen molar-refractivity contribution >= 4 is 22.5 Å². The zero-order valence-corrected chi connectivity index (χ0v) is 12.6. The first-order chi connectivity index (χ1) is 9.17. The van der Waals surface area contributed by atoms with Crippen LogP contribution < -0.4 is 5.32 Å². The maximum absolute atomic E-state index is 5.99. The van der Waals surface area contributed by atoms with Gasteiger partial charge in [0.05, 0.1) is 11.2 Å². The molecule has 0 aliphatic carbocycles. The zero-order valence-electron chi connectivity index (χ0n) is 11.9. The third-order valence-corrected chi connectivity index (χ3v) is 3.87. The molecule has 4 heteroatoms. The van der Waals surface area contributed by atoms with Crippen LogP contribution in [0.2, 0.25) is 0 Å². The summed E-state index contributed by atoms with van der Waals surface area (Å²) in [6.07, 6.45) is 0. The van der Waals surface area contributed by atoms with Gasteiger partial charge in [0, 0.05) is 30.4 Å². The van der Waals surface area contributed by atoms with E-state index in [0.29, 0.717) is 17.8 Å². The van der Waals surface area contributed by atoms with Gasteiger partial charge in [-0.15, -0.1) is 11.6 Å². The third-order valence-electron chi connectivity index (χ3n) is 3.54. The number of aromatic nitrogens is 2. The first kappa shape index (κ1) is 14.4. The number of hydrogen-bond acceptors (Lipinski definition) is 2. The normalized spacial score (nSPS) is 13.3. The van der Waals surface area contributed by atoms with Crippen molar-refractivity contribution in [2.45, 2.75) is 39.9 Å². The summed E-state index contributed by atoms with van der Waals surface area (Å²) in [6.45, 7) is 8.14. The zero-order chi connectivity index (χ0) is 13.8. The van der Waals surface area contributed by atoms with Crippen LogP contribution in [-0.2, 0) is 13.1 Å². The lowest BCUT2D eigenvalue weighted by Gasteiger charge is -2.19. The second-order valence-corrected chi connectivity index (χ2v) is 5.47. The molecule has 1 aromatic heterocycles. The summed E-state index contributed by atoms with van der Waals surface area (Å²) in [5.74, 6) is 1.15. The predicted molar refractivity (Wildman–Crippen MR) is 81.6 cm³/mol. The number of rotatable bonds is 6. The standard InChI is InChI=1S/C15H22ClN3/c1-4-19-15-8-6-5-7-12(15)14(18-19)10-17-13(9-16)11(2)3/h5-8,11,13,17H,4,9-10H2,1-3H3. The quantitative estimate of drug-likeness (QED) is 0.821. The summed E-state index contributed by atoms with van der Waals surface area (Å²) in [5.41, 5.74) is 2.31. The minimum atomic E-state index is 0.326. The van der Waals surface area contributed by atoms with E-state index in [1.165, 1.54) is 10.9 Å². The van der Waals surface area contributed by atoms with Crippen LogP contribution in [0, 0.1) is 5.92 Å². The van der Waals surface area contributed by atoms with Crippen LogP contribution in [0.1, 0.15) is 26.5 Å². The molecule has 1 aromatic carbocycles. The molecule has 0 radical (unpaired) electrons. The van der Waals surface area contributed by atoms with Gasteiger partial charge in [0.25, 0.3) is 0 Å². The average Bonchev–Trinajstić information content (AvgIpc) is 2.77. The van der Waals surface area contributed by atoms with E-state index in [0.717, 1.165) is 18.8 Å². The number of fused-ring (bicyclic) bond motifs is 1. The molecule has 0 amide bonds. The summed E-state index contributed by atoms with van der Waals surface area (Å²) in [5, 5.41) is 9.42. The van der Waals surface area contributed by atoms with Gasteiger partial charge in [-0.1, -0.05) is 32.0 Å². The Balaban J connectivity index is 2.21. The number of halogens is 1. The summed E-state index contributed by atoms with van der Waals surface area (Å²) in [4.78, 5) is 0. The van der Waals surface area contributed by atoms with Crippen LogP contribution in [0.5, 0.6) is 0 Å². The number of alkyl halides is 1. The second kappa shape index (κ2) is 6.40. The molecule has 1 N–H and O–H groups in total. The summed E-state index contributed by atoms with van der Waals surface area (Å²) in [6, 6.07) is 8.71. The van der Waals surface area contributed by atoms with E-state index in [9.17, 15) is 0 Å². The first-order valence-electron chi connectivity index (χ1n) is 6.91. The fourth-order valence-corrected chi connectivity index (χ4v) is 2.73. The molecule has 19 heavy (non-hydrogen) atoms. The van der Waals surface area contributed by atoms with Crippen LogP contribution in [-0.4, -0.2) is 21.7 Å². The lowest BCUT2D eigenvalue weighted by atomic mass is 10.1. The topological polar surface area (TPSA) is 29.9 Å². The Morgan fingerprint density at radius 2 is 2.05 bits per heavy atom. The van der Waals surface area contributed by atoms with Crippen LogP contribution >= 0.6 is 11.6 Å². The summed E-state index contributed by atoms with van der Waals surface area (Å²) < 4.78 is 2.05. The Labute approximate surface area is 119 Å². The molecule has 0 fully saturated rings. The number of nitrogens with one attached hydrogen (secondary N) is 1. The molecule has 2 aromatic rings. The molecule has 0 saturated carbocycles. The Hall–Kier alpha value is -1.06. The van der Waals surface area contributed by atoms with Crippen molar-refractivity contribution in [1.29, 1.82) is 0 Å². The van der Waals surface area contributed by atoms with Gasteiger partial charge >= 0.3 is 0 Å². The van der Waals surface area contributed by atoms with E-state index in [-0.39, 0.29) is 0 Å². The highest BCUT2D eigenvalue weighted by Gasteiger charge is 2.14. The molecule has 0 saturated heterocycles.